The smallest absolute Gasteiger partial charge is 0.430 e. The number of nitrogens with zero attached hydrogens (tertiary/aromatic N) is 1. The van der Waals surface area contributed by atoms with E-state index in [9.17, 15) is 18.0 Å². The Morgan fingerprint density at radius 1 is 1.26 bits per heavy atom. The predicted molar refractivity (Wildman–Crippen MR) is 65.4 cm³/mol. The number of rotatable bonds is 4. The molecule has 0 radical (unpaired) electrons. The highest BCUT2D eigenvalue weighted by atomic mass is 19.4. The van der Waals surface area contributed by atoms with Crippen LogP contribution in [0.25, 0.3) is 0 Å². The van der Waals surface area contributed by atoms with Crippen molar-refractivity contribution in [1.82, 2.24) is 0 Å². The van der Waals surface area contributed by atoms with Crippen molar-refractivity contribution in [2.75, 3.05) is 0 Å². The largest absolute Gasteiger partial charge is 0.463 e. The summed E-state index contributed by atoms with van der Waals surface area (Å²) in [5, 5.41) is 0. The molecule has 104 valence electrons. The van der Waals surface area contributed by atoms with Gasteiger partial charge < -0.3 is 4.74 Å². The van der Waals surface area contributed by atoms with Crippen LogP contribution in [0.5, 0.6) is 0 Å². The number of carbonyl (C=O) groups excluding carboxylic acids is 1. The normalized spacial score (nSPS) is 12.6. The molecule has 1 aromatic carbocycles. The molecule has 0 aliphatic carbocycles. The van der Waals surface area contributed by atoms with Gasteiger partial charge >= 0.3 is 12.1 Å². The van der Waals surface area contributed by atoms with Crippen molar-refractivity contribution in [2.45, 2.75) is 32.5 Å². The van der Waals surface area contributed by atoms with E-state index in [1.807, 2.05) is 0 Å². The Morgan fingerprint density at radius 3 is 2.32 bits per heavy atom. The fourth-order valence-corrected chi connectivity index (χ4v) is 1.30. The Kier molecular flexibility index (Phi) is 5.09. The number of halogens is 3. The van der Waals surface area contributed by atoms with Gasteiger partial charge in [-0.15, -0.1) is 0 Å². The lowest BCUT2D eigenvalue weighted by molar-refractivity contribution is -0.146. The maximum Gasteiger partial charge on any atom is 0.430 e. The lowest BCUT2D eigenvalue weighted by Crippen LogP contribution is -2.27. The van der Waals surface area contributed by atoms with Crippen LogP contribution < -0.4 is 0 Å². The number of para-hydroxylation sites is 1. The molecule has 1 rings (SSSR count). The van der Waals surface area contributed by atoms with Crippen molar-refractivity contribution in [2.24, 2.45) is 4.99 Å². The van der Waals surface area contributed by atoms with Crippen molar-refractivity contribution in [3.63, 3.8) is 0 Å². The average molecular weight is 273 g/mol. The predicted octanol–water partition coefficient (Wildman–Crippen LogP) is 3.66. The topological polar surface area (TPSA) is 38.7 Å². The third kappa shape index (κ3) is 5.54. The number of hydrogen-bond donors (Lipinski definition) is 0. The number of hydrogen-bond acceptors (Lipinski definition) is 3. The first kappa shape index (κ1) is 15.2. The summed E-state index contributed by atoms with van der Waals surface area (Å²) in [5.74, 6) is -0.943. The Labute approximate surface area is 109 Å². The highest BCUT2D eigenvalue weighted by Crippen LogP contribution is 2.23. The zero-order valence-electron chi connectivity index (χ0n) is 10.6. The molecule has 0 atom stereocenters. The van der Waals surface area contributed by atoms with Crippen LogP contribution in [0, 0.1) is 0 Å². The quantitative estimate of drug-likeness (QED) is 0.620. The van der Waals surface area contributed by atoms with E-state index in [1.54, 1.807) is 32.0 Å². The standard InChI is InChI=1S/C13H14F3NO2/c1-9(2)19-12(18)8-11(13(14,15)16)17-10-6-4-3-5-7-10/h3-7,9H,8H2,1-2H3. The summed E-state index contributed by atoms with van der Waals surface area (Å²) in [5.41, 5.74) is -1.02. The first-order valence-corrected chi connectivity index (χ1v) is 5.68. The van der Waals surface area contributed by atoms with Gasteiger partial charge in [-0.25, -0.2) is 4.99 Å². The fourth-order valence-electron chi connectivity index (χ4n) is 1.30. The van der Waals surface area contributed by atoms with E-state index in [0.29, 0.717) is 0 Å². The van der Waals surface area contributed by atoms with Gasteiger partial charge in [-0.2, -0.15) is 13.2 Å². The summed E-state index contributed by atoms with van der Waals surface area (Å²) in [6.07, 6.45) is -6.01. The van der Waals surface area contributed by atoms with E-state index in [-0.39, 0.29) is 5.69 Å². The minimum atomic E-state index is -4.66. The third-order valence-corrected chi connectivity index (χ3v) is 2.03. The van der Waals surface area contributed by atoms with Gasteiger partial charge in [0.05, 0.1) is 18.2 Å². The van der Waals surface area contributed by atoms with Crippen LogP contribution in [0.15, 0.2) is 35.3 Å². The Morgan fingerprint density at radius 2 is 1.84 bits per heavy atom. The molecule has 0 amide bonds. The summed E-state index contributed by atoms with van der Waals surface area (Å²) in [6, 6.07) is 7.66. The first-order chi connectivity index (χ1) is 8.79. The number of alkyl halides is 3. The van der Waals surface area contributed by atoms with Crippen molar-refractivity contribution in [3.05, 3.63) is 30.3 Å². The second kappa shape index (κ2) is 6.36. The molecule has 3 nitrogen and oxygen atoms in total. The number of ether oxygens (including phenoxy) is 1. The van der Waals surface area contributed by atoms with Gasteiger partial charge in [0.1, 0.15) is 5.71 Å². The summed E-state index contributed by atoms with van der Waals surface area (Å²) in [7, 11) is 0. The zero-order chi connectivity index (χ0) is 14.5. The molecule has 0 N–H and O–H groups in total. The first-order valence-electron chi connectivity index (χ1n) is 5.68. The van der Waals surface area contributed by atoms with Gasteiger partial charge in [0.2, 0.25) is 0 Å². The van der Waals surface area contributed by atoms with Crippen LogP contribution in [0.4, 0.5) is 18.9 Å². The van der Waals surface area contributed by atoms with E-state index in [2.05, 4.69) is 4.99 Å². The number of aliphatic imine (C=N–C) groups is 1. The molecule has 0 aliphatic rings. The molecule has 0 fully saturated rings. The lowest BCUT2D eigenvalue weighted by Gasteiger charge is -2.12. The second-order valence-electron chi connectivity index (χ2n) is 4.11. The van der Waals surface area contributed by atoms with Crippen molar-refractivity contribution >= 4 is 17.4 Å². The minimum absolute atomic E-state index is 0.146. The monoisotopic (exact) mass is 273 g/mol. The van der Waals surface area contributed by atoms with E-state index in [4.69, 9.17) is 4.74 Å². The molecule has 19 heavy (non-hydrogen) atoms. The molecule has 0 aromatic heterocycles. The maximum atomic E-state index is 12.8. The molecule has 0 heterocycles. The molecule has 0 unspecified atom stereocenters. The van der Waals surface area contributed by atoms with Gasteiger partial charge in [-0.05, 0) is 26.0 Å². The van der Waals surface area contributed by atoms with Gasteiger partial charge in [-0.3, -0.25) is 4.79 Å². The molecule has 0 saturated heterocycles. The van der Waals surface area contributed by atoms with Gasteiger partial charge in [0, 0.05) is 0 Å². The Balaban J connectivity index is 2.91. The van der Waals surface area contributed by atoms with Gasteiger partial charge in [0.25, 0.3) is 0 Å². The minimum Gasteiger partial charge on any atom is -0.463 e. The van der Waals surface area contributed by atoms with Crippen molar-refractivity contribution < 1.29 is 22.7 Å². The molecular weight excluding hydrogens is 259 g/mol. The van der Waals surface area contributed by atoms with Gasteiger partial charge in [-0.1, -0.05) is 18.2 Å². The lowest BCUT2D eigenvalue weighted by atomic mass is 10.2. The Hall–Kier alpha value is -1.85. The highest BCUT2D eigenvalue weighted by molar-refractivity contribution is 6.03. The van der Waals surface area contributed by atoms with E-state index in [1.165, 1.54) is 12.1 Å². The second-order valence-corrected chi connectivity index (χ2v) is 4.11. The van der Waals surface area contributed by atoms with Crippen LogP contribution in [0.3, 0.4) is 0 Å². The van der Waals surface area contributed by atoms with Crippen molar-refractivity contribution in [3.8, 4) is 0 Å². The van der Waals surface area contributed by atoms with E-state index in [0.717, 1.165) is 0 Å². The van der Waals surface area contributed by atoms with Crippen LogP contribution in [0.2, 0.25) is 0 Å². The van der Waals surface area contributed by atoms with Crippen molar-refractivity contribution in [1.29, 1.82) is 0 Å². The molecule has 0 aliphatic heterocycles. The molecule has 0 spiro atoms. The fraction of sp³-hybridized carbons (Fsp3) is 0.385. The summed E-state index contributed by atoms with van der Waals surface area (Å²) < 4.78 is 43.0. The van der Waals surface area contributed by atoms with Crippen LogP contribution in [-0.2, 0) is 9.53 Å². The van der Waals surface area contributed by atoms with E-state index >= 15 is 0 Å². The van der Waals surface area contributed by atoms with Crippen LogP contribution in [-0.4, -0.2) is 24.0 Å². The molecule has 0 bridgehead atoms. The zero-order valence-corrected chi connectivity index (χ0v) is 10.6. The number of benzene rings is 1. The molecule has 1 aromatic rings. The SMILES string of the molecule is CC(C)OC(=O)CC(=Nc1ccccc1)C(F)(F)F. The van der Waals surface area contributed by atoms with Crippen LogP contribution >= 0.6 is 0 Å². The Bertz CT molecular complexity index is 453. The van der Waals surface area contributed by atoms with E-state index < -0.39 is 30.4 Å². The van der Waals surface area contributed by atoms with Crippen LogP contribution in [0.1, 0.15) is 20.3 Å². The molecule has 0 saturated carbocycles. The summed E-state index contributed by atoms with van der Waals surface area (Å²) in [6.45, 7) is 3.14. The average Bonchev–Trinajstić information content (AvgIpc) is 2.27. The summed E-state index contributed by atoms with van der Waals surface area (Å²) in [4.78, 5) is 14.8. The third-order valence-electron chi connectivity index (χ3n) is 2.03. The highest BCUT2D eigenvalue weighted by Gasteiger charge is 2.37. The number of carbonyl (C=O) groups is 1. The maximum absolute atomic E-state index is 12.8. The van der Waals surface area contributed by atoms with Gasteiger partial charge in [0.15, 0.2) is 0 Å². The summed E-state index contributed by atoms with van der Waals surface area (Å²) >= 11 is 0. The molecular formula is C13H14F3NO2. The number of esters is 1. The molecule has 6 heteroatoms.